The number of nitrogens with zero attached hydrogens (tertiary/aromatic N) is 2. The van der Waals surface area contributed by atoms with Crippen molar-refractivity contribution in [2.45, 2.75) is 60.2 Å². The molecule has 0 radical (unpaired) electrons. The summed E-state index contributed by atoms with van der Waals surface area (Å²) in [6.45, 7) is 16.3. The molecule has 0 saturated carbocycles. The van der Waals surface area contributed by atoms with Crippen molar-refractivity contribution in [1.82, 2.24) is 15.5 Å². The Labute approximate surface area is 170 Å². The number of aliphatic imine (C=N–C) groups is 1. The molecule has 1 aliphatic heterocycles. The number of hydrogen-bond acceptors (Lipinski definition) is 3. The first-order valence-corrected chi connectivity index (χ1v) is 10.5. The fourth-order valence-corrected chi connectivity index (χ4v) is 3.26. The van der Waals surface area contributed by atoms with Gasteiger partial charge in [0.25, 0.3) is 0 Å². The van der Waals surface area contributed by atoms with Gasteiger partial charge in [-0.25, -0.2) is 4.99 Å². The van der Waals surface area contributed by atoms with Crippen LogP contribution in [0.3, 0.4) is 0 Å². The second-order valence-electron chi connectivity index (χ2n) is 8.31. The zero-order chi connectivity index (χ0) is 20.7. The van der Waals surface area contributed by atoms with E-state index in [1.165, 1.54) is 0 Å². The lowest BCUT2D eigenvalue weighted by atomic mass is 10.1. The maximum atomic E-state index is 11.8. The van der Waals surface area contributed by atoms with E-state index in [9.17, 15) is 4.79 Å². The van der Waals surface area contributed by atoms with Crippen LogP contribution in [0, 0.1) is 11.8 Å². The number of nitrogens with one attached hydrogen (secondary N) is 3. The van der Waals surface area contributed by atoms with Crippen LogP contribution in [0.4, 0.5) is 5.69 Å². The zero-order valence-electron chi connectivity index (χ0n) is 18.2. The Balaban J connectivity index is 1.96. The van der Waals surface area contributed by atoms with Gasteiger partial charge in [-0.05, 0) is 44.4 Å². The van der Waals surface area contributed by atoms with Crippen LogP contribution in [0.25, 0.3) is 0 Å². The van der Waals surface area contributed by atoms with E-state index in [2.05, 4.69) is 48.5 Å². The number of rotatable bonds is 7. The fraction of sp³-hybridized carbons (Fsp3) is 0.636. The van der Waals surface area contributed by atoms with Crippen molar-refractivity contribution < 1.29 is 4.79 Å². The summed E-state index contributed by atoms with van der Waals surface area (Å²) < 4.78 is 0. The molecule has 0 bridgehead atoms. The number of carbonyl (C=O) groups is 1. The van der Waals surface area contributed by atoms with Crippen LogP contribution in [-0.4, -0.2) is 48.5 Å². The van der Waals surface area contributed by atoms with Gasteiger partial charge in [-0.15, -0.1) is 0 Å². The summed E-state index contributed by atoms with van der Waals surface area (Å²) in [4.78, 5) is 19.1. The van der Waals surface area contributed by atoms with E-state index in [1.54, 1.807) is 0 Å². The SMILES string of the molecule is CCNC(=NCc1ccc(NC(=O)C(C)C)cc1)NC1CN(C(C)C)CC1C. The number of benzene rings is 1. The largest absolute Gasteiger partial charge is 0.357 e. The first-order chi connectivity index (χ1) is 13.3. The highest BCUT2D eigenvalue weighted by molar-refractivity contribution is 5.92. The summed E-state index contributed by atoms with van der Waals surface area (Å²) in [6.07, 6.45) is 0. The quantitative estimate of drug-likeness (QED) is 0.497. The van der Waals surface area contributed by atoms with E-state index in [4.69, 9.17) is 4.99 Å². The highest BCUT2D eigenvalue weighted by Gasteiger charge is 2.31. The lowest BCUT2D eigenvalue weighted by Gasteiger charge is -2.22. The molecular weight excluding hydrogens is 350 g/mol. The maximum absolute atomic E-state index is 11.8. The van der Waals surface area contributed by atoms with Crippen molar-refractivity contribution in [1.29, 1.82) is 0 Å². The number of likely N-dealkylation sites (tertiary alicyclic amines) is 1. The van der Waals surface area contributed by atoms with E-state index < -0.39 is 0 Å². The molecule has 2 rings (SSSR count). The first-order valence-electron chi connectivity index (χ1n) is 10.5. The van der Waals surface area contributed by atoms with Crippen LogP contribution >= 0.6 is 0 Å². The average molecular weight is 388 g/mol. The van der Waals surface area contributed by atoms with Crippen LogP contribution < -0.4 is 16.0 Å². The standard InChI is InChI=1S/C22H37N5O/c1-7-23-22(26-20-14-27(16(4)5)13-17(20)6)24-12-18-8-10-19(11-9-18)25-21(28)15(2)3/h8-11,15-17,20H,7,12-14H2,1-6H3,(H,25,28)(H2,23,24,26). The normalized spacial score (nSPS) is 20.6. The van der Waals surface area contributed by atoms with Gasteiger partial charge in [0.1, 0.15) is 0 Å². The zero-order valence-corrected chi connectivity index (χ0v) is 18.2. The molecule has 1 fully saturated rings. The Hall–Kier alpha value is -2.08. The van der Waals surface area contributed by atoms with Crippen LogP contribution in [0.1, 0.15) is 47.1 Å². The highest BCUT2D eigenvalue weighted by atomic mass is 16.1. The Kier molecular flexibility index (Phi) is 8.30. The fourth-order valence-electron chi connectivity index (χ4n) is 3.26. The topological polar surface area (TPSA) is 68.8 Å². The molecule has 1 aromatic carbocycles. The summed E-state index contributed by atoms with van der Waals surface area (Å²) in [5.41, 5.74) is 1.94. The Bertz CT molecular complexity index is 653. The molecule has 2 unspecified atom stereocenters. The van der Waals surface area contributed by atoms with Crippen molar-refractivity contribution in [3.8, 4) is 0 Å². The molecule has 0 spiro atoms. The molecule has 2 atom stereocenters. The van der Waals surface area contributed by atoms with Crippen molar-refractivity contribution in [3.05, 3.63) is 29.8 Å². The third kappa shape index (κ3) is 6.51. The Morgan fingerprint density at radius 3 is 2.39 bits per heavy atom. The molecule has 3 N–H and O–H groups in total. The lowest BCUT2D eigenvalue weighted by Crippen LogP contribution is -2.46. The van der Waals surface area contributed by atoms with E-state index in [-0.39, 0.29) is 11.8 Å². The third-order valence-corrected chi connectivity index (χ3v) is 5.20. The molecule has 156 valence electrons. The number of hydrogen-bond donors (Lipinski definition) is 3. The molecule has 0 aromatic heterocycles. The van der Waals surface area contributed by atoms with Gasteiger partial charge in [-0.1, -0.05) is 32.9 Å². The van der Waals surface area contributed by atoms with Gasteiger partial charge in [-0.3, -0.25) is 9.69 Å². The van der Waals surface area contributed by atoms with Gasteiger partial charge in [-0.2, -0.15) is 0 Å². The van der Waals surface area contributed by atoms with Gasteiger partial charge >= 0.3 is 0 Å². The highest BCUT2D eigenvalue weighted by Crippen LogP contribution is 2.18. The summed E-state index contributed by atoms with van der Waals surface area (Å²) in [6, 6.07) is 8.89. The minimum atomic E-state index is -0.0253. The molecule has 1 aliphatic rings. The molecule has 1 amide bonds. The summed E-state index contributed by atoms with van der Waals surface area (Å²) in [5.74, 6) is 1.46. The van der Waals surface area contributed by atoms with Crippen LogP contribution in [0.15, 0.2) is 29.3 Å². The van der Waals surface area contributed by atoms with Gasteiger partial charge in [0.2, 0.25) is 5.91 Å². The van der Waals surface area contributed by atoms with E-state index in [1.807, 2.05) is 38.1 Å². The second kappa shape index (κ2) is 10.5. The number of amides is 1. The molecule has 6 nitrogen and oxygen atoms in total. The van der Waals surface area contributed by atoms with Crippen molar-refractivity contribution in [3.63, 3.8) is 0 Å². The lowest BCUT2D eigenvalue weighted by molar-refractivity contribution is -0.118. The van der Waals surface area contributed by atoms with E-state index in [0.717, 1.165) is 36.8 Å². The average Bonchev–Trinajstić information content (AvgIpc) is 3.02. The second-order valence-corrected chi connectivity index (χ2v) is 8.31. The molecular formula is C22H37N5O. The number of carbonyl (C=O) groups excluding carboxylic acids is 1. The van der Waals surface area contributed by atoms with Crippen molar-refractivity contribution in [2.75, 3.05) is 25.0 Å². The predicted molar refractivity (Wildman–Crippen MR) is 118 cm³/mol. The smallest absolute Gasteiger partial charge is 0.226 e. The van der Waals surface area contributed by atoms with E-state index in [0.29, 0.717) is 24.5 Å². The monoisotopic (exact) mass is 387 g/mol. The molecule has 1 saturated heterocycles. The third-order valence-electron chi connectivity index (χ3n) is 5.20. The van der Waals surface area contributed by atoms with Gasteiger partial charge in [0, 0.05) is 43.3 Å². The molecule has 6 heteroatoms. The van der Waals surface area contributed by atoms with Crippen molar-refractivity contribution >= 4 is 17.6 Å². The number of anilines is 1. The van der Waals surface area contributed by atoms with Gasteiger partial charge in [0.15, 0.2) is 5.96 Å². The molecule has 1 heterocycles. The minimum Gasteiger partial charge on any atom is -0.357 e. The summed E-state index contributed by atoms with van der Waals surface area (Å²) >= 11 is 0. The minimum absolute atomic E-state index is 0.0253. The van der Waals surface area contributed by atoms with E-state index >= 15 is 0 Å². The Morgan fingerprint density at radius 2 is 1.86 bits per heavy atom. The van der Waals surface area contributed by atoms with Gasteiger partial charge < -0.3 is 16.0 Å². The maximum Gasteiger partial charge on any atom is 0.226 e. The number of guanidine groups is 1. The van der Waals surface area contributed by atoms with Crippen LogP contribution in [0.5, 0.6) is 0 Å². The molecule has 0 aliphatic carbocycles. The summed E-state index contributed by atoms with van der Waals surface area (Å²) in [5, 5.41) is 9.89. The predicted octanol–water partition coefficient (Wildman–Crippen LogP) is 3.06. The van der Waals surface area contributed by atoms with Crippen LogP contribution in [-0.2, 0) is 11.3 Å². The van der Waals surface area contributed by atoms with Crippen LogP contribution in [0.2, 0.25) is 0 Å². The summed E-state index contributed by atoms with van der Waals surface area (Å²) in [7, 11) is 0. The van der Waals surface area contributed by atoms with Gasteiger partial charge in [0.05, 0.1) is 6.54 Å². The van der Waals surface area contributed by atoms with Crippen molar-refractivity contribution in [2.24, 2.45) is 16.8 Å². The molecule has 1 aromatic rings. The first kappa shape index (κ1) is 22.2. The Morgan fingerprint density at radius 1 is 1.18 bits per heavy atom. The molecule has 28 heavy (non-hydrogen) atoms.